The summed E-state index contributed by atoms with van der Waals surface area (Å²) < 4.78 is 0. The van der Waals surface area contributed by atoms with Crippen molar-refractivity contribution in [2.75, 3.05) is 20.1 Å². The molecule has 1 aromatic rings. The molecule has 3 rings (SSSR count). The second-order valence-corrected chi connectivity index (χ2v) is 7.68. The smallest absolute Gasteiger partial charge is 0.253 e. The standard InChI is InChI=1S/C18H22Cl2N2O2/c1-21(18(24)13-6-7-15(19)16(20)9-13)10-12-8-17(23)22(11-12)14-4-2-3-5-14/h6-7,9,12,14H,2-5,8,10-11H2,1H3/t12-/m1/s1. The lowest BCUT2D eigenvalue weighted by atomic mass is 10.1. The van der Waals surface area contributed by atoms with Gasteiger partial charge in [0.1, 0.15) is 0 Å². The van der Waals surface area contributed by atoms with E-state index in [-0.39, 0.29) is 17.7 Å². The highest BCUT2D eigenvalue weighted by atomic mass is 35.5. The molecule has 24 heavy (non-hydrogen) atoms. The van der Waals surface area contributed by atoms with Crippen LogP contribution >= 0.6 is 23.2 Å². The average molecular weight is 369 g/mol. The SMILES string of the molecule is CN(C[C@H]1CC(=O)N(C2CCCC2)C1)C(=O)c1ccc(Cl)c(Cl)c1. The summed E-state index contributed by atoms with van der Waals surface area (Å²) in [5.74, 6) is 0.345. The van der Waals surface area contributed by atoms with Crippen LogP contribution in [-0.4, -0.2) is 47.8 Å². The lowest BCUT2D eigenvalue weighted by Gasteiger charge is -2.25. The van der Waals surface area contributed by atoms with Gasteiger partial charge in [-0.1, -0.05) is 36.0 Å². The molecule has 2 amide bonds. The van der Waals surface area contributed by atoms with Crippen LogP contribution in [0.15, 0.2) is 18.2 Å². The lowest BCUT2D eigenvalue weighted by molar-refractivity contribution is -0.129. The molecule has 0 N–H and O–H groups in total. The highest BCUT2D eigenvalue weighted by Gasteiger charge is 2.36. The number of carbonyl (C=O) groups excluding carboxylic acids is 2. The van der Waals surface area contributed by atoms with E-state index in [4.69, 9.17) is 23.2 Å². The van der Waals surface area contributed by atoms with Crippen LogP contribution in [0.25, 0.3) is 0 Å². The fourth-order valence-electron chi connectivity index (χ4n) is 3.82. The molecule has 1 aromatic carbocycles. The van der Waals surface area contributed by atoms with Crippen molar-refractivity contribution in [2.24, 2.45) is 5.92 Å². The molecule has 1 heterocycles. The Labute approximate surface area is 152 Å². The Kier molecular flexibility index (Phi) is 5.36. The van der Waals surface area contributed by atoms with Crippen LogP contribution in [0.3, 0.4) is 0 Å². The number of nitrogens with zero attached hydrogens (tertiary/aromatic N) is 2. The van der Waals surface area contributed by atoms with Crippen LogP contribution in [0.1, 0.15) is 42.5 Å². The van der Waals surface area contributed by atoms with Gasteiger partial charge in [0.15, 0.2) is 0 Å². The molecule has 2 fully saturated rings. The number of rotatable bonds is 4. The molecule has 2 aliphatic rings. The fourth-order valence-corrected chi connectivity index (χ4v) is 4.12. The van der Waals surface area contributed by atoms with Crippen molar-refractivity contribution in [1.29, 1.82) is 0 Å². The van der Waals surface area contributed by atoms with Crippen LogP contribution in [0.4, 0.5) is 0 Å². The largest absolute Gasteiger partial charge is 0.341 e. The Morgan fingerprint density at radius 3 is 2.62 bits per heavy atom. The topological polar surface area (TPSA) is 40.6 Å². The van der Waals surface area contributed by atoms with Crippen molar-refractivity contribution in [1.82, 2.24) is 9.80 Å². The van der Waals surface area contributed by atoms with E-state index in [0.717, 1.165) is 19.4 Å². The number of halogens is 2. The van der Waals surface area contributed by atoms with Crippen molar-refractivity contribution in [3.8, 4) is 0 Å². The summed E-state index contributed by atoms with van der Waals surface area (Å²) in [5.41, 5.74) is 0.517. The molecule has 1 aliphatic heterocycles. The van der Waals surface area contributed by atoms with Crippen LogP contribution in [0.2, 0.25) is 10.0 Å². The number of hydrogen-bond donors (Lipinski definition) is 0. The minimum absolute atomic E-state index is 0.0969. The molecular formula is C18H22Cl2N2O2. The first-order valence-electron chi connectivity index (χ1n) is 8.45. The Morgan fingerprint density at radius 1 is 1.25 bits per heavy atom. The van der Waals surface area contributed by atoms with E-state index >= 15 is 0 Å². The molecule has 0 bridgehead atoms. The molecule has 0 radical (unpaired) electrons. The minimum Gasteiger partial charge on any atom is -0.341 e. The normalized spacial score (nSPS) is 21.5. The molecule has 1 saturated heterocycles. The summed E-state index contributed by atoms with van der Waals surface area (Å²) in [6, 6.07) is 5.32. The van der Waals surface area contributed by atoms with E-state index in [1.54, 1.807) is 30.1 Å². The first kappa shape index (κ1) is 17.6. The van der Waals surface area contributed by atoms with Gasteiger partial charge in [0.2, 0.25) is 5.91 Å². The zero-order valence-corrected chi connectivity index (χ0v) is 15.3. The quantitative estimate of drug-likeness (QED) is 0.809. The molecule has 4 nitrogen and oxygen atoms in total. The monoisotopic (exact) mass is 368 g/mol. The summed E-state index contributed by atoms with van der Waals surface area (Å²) in [5, 5.41) is 0.809. The van der Waals surface area contributed by atoms with Gasteiger partial charge in [-0.3, -0.25) is 9.59 Å². The predicted octanol–water partition coefficient (Wildman–Crippen LogP) is 3.86. The molecule has 1 saturated carbocycles. The molecule has 6 heteroatoms. The van der Waals surface area contributed by atoms with Gasteiger partial charge in [-0.15, -0.1) is 0 Å². The van der Waals surface area contributed by atoms with Gasteiger partial charge in [-0.05, 0) is 31.0 Å². The Balaban J connectivity index is 1.60. The average Bonchev–Trinajstić information content (AvgIpc) is 3.18. The fraction of sp³-hybridized carbons (Fsp3) is 0.556. The molecule has 1 atom stereocenters. The molecule has 0 aromatic heterocycles. The van der Waals surface area contributed by atoms with Gasteiger partial charge in [-0.25, -0.2) is 0 Å². The van der Waals surface area contributed by atoms with Crippen LogP contribution in [-0.2, 0) is 4.79 Å². The Hall–Kier alpha value is -1.26. The van der Waals surface area contributed by atoms with Gasteiger partial charge in [0.05, 0.1) is 10.0 Å². The van der Waals surface area contributed by atoms with E-state index < -0.39 is 0 Å². The number of benzene rings is 1. The number of hydrogen-bond acceptors (Lipinski definition) is 2. The first-order chi connectivity index (χ1) is 11.5. The third kappa shape index (κ3) is 3.70. The van der Waals surface area contributed by atoms with Crippen molar-refractivity contribution < 1.29 is 9.59 Å². The van der Waals surface area contributed by atoms with E-state index in [9.17, 15) is 9.59 Å². The summed E-state index contributed by atoms with van der Waals surface area (Å²) >= 11 is 11.9. The maximum atomic E-state index is 12.5. The molecule has 1 aliphatic carbocycles. The van der Waals surface area contributed by atoms with E-state index in [1.807, 2.05) is 4.90 Å². The highest BCUT2D eigenvalue weighted by Crippen LogP contribution is 2.30. The van der Waals surface area contributed by atoms with E-state index in [2.05, 4.69) is 0 Å². The van der Waals surface area contributed by atoms with E-state index in [1.165, 1.54) is 12.8 Å². The predicted molar refractivity (Wildman–Crippen MR) is 95.5 cm³/mol. The van der Waals surface area contributed by atoms with Gasteiger partial charge in [0, 0.05) is 44.1 Å². The zero-order chi connectivity index (χ0) is 17.3. The Morgan fingerprint density at radius 2 is 1.96 bits per heavy atom. The zero-order valence-electron chi connectivity index (χ0n) is 13.8. The summed E-state index contributed by atoms with van der Waals surface area (Å²) in [7, 11) is 1.77. The first-order valence-corrected chi connectivity index (χ1v) is 9.21. The summed E-state index contributed by atoms with van der Waals surface area (Å²) in [4.78, 5) is 28.5. The third-order valence-electron chi connectivity index (χ3n) is 5.05. The van der Waals surface area contributed by atoms with Gasteiger partial charge >= 0.3 is 0 Å². The second kappa shape index (κ2) is 7.32. The minimum atomic E-state index is -0.0969. The lowest BCUT2D eigenvalue weighted by Crippen LogP contribution is -2.36. The van der Waals surface area contributed by atoms with Crippen molar-refractivity contribution >= 4 is 35.0 Å². The maximum Gasteiger partial charge on any atom is 0.253 e. The summed E-state index contributed by atoms with van der Waals surface area (Å²) in [6.07, 6.45) is 5.21. The van der Waals surface area contributed by atoms with Gasteiger partial charge in [0.25, 0.3) is 5.91 Å². The molecule has 0 spiro atoms. The molecule has 0 unspecified atom stereocenters. The number of likely N-dealkylation sites (tertiary alicyclic amines) is 1. The van der Waals surface area contributed by atoms with E-state index in [0.29, 0.717) is 34.6 Å². The maximum absolute atomic E-state index is 12.5. The van der Waals surface area contributed by atoms with Crippen molar-refractivity contribution in [3.05, 3.63) is 33.8 Å². The third-order valence-corrected chi connectivity index (χ3v) is 5.79. The van der Waals surface area contributed by atoms with Gasteiger partial charge in [-0.2, -0.15) is 0 Å². The second-order valence-electron chi connectivity index (χ2n) is 6.87. The number of amides is 2. The summed E-state index contributed by atoms with van der Waals surface area (Å²) in [6.45, 7) is 1.34. The van der Waals surface area contributed by atoms with Crippen LogP contribution < -0.4 is 0 Å². The van der Waals surface area contributed by atoms with Crippen LogP contribution in [0, 0.1) is 5.92 Å². The van der Waals surface area contributed by atoms with Crippen LogP contribution in [0.5, 0.6) is 0 Å². The number of carbonyl (C=O) groups is 2. The van der Waals surface area contributed by atoms with Gasteiger partial charge < -0.3 is 9.80 Å². The van der Waals surface area contributed by atoms with Crippen molar-refractivity contribution in [3.63, 3.8) is 0 Å². The molecule has 130 valence electrons. The molecular weight excluding hydrogens is 347 g/mol. The Bertz CT molecular complexity index is 644. The van der Waals surface area contributed by atoms with Crippen molar-refractivity contribution in [2.45, 2.75) is 38.1 Å². The highest BCUT2D eigenvalue weighted by molar-refractivity contribution is 6.42.